The lowest BCUT2D eigenvalue weighted by molar-refractivity contribution is -0.0936. The van der Waals surface area contributed by atoms with E-state index in [2.05, 4.69) is 15.3 Å². The van der Waals surface area contributed by atoms with Gasteiger partial charge < -0.3 is 19.5 Å². The Hall–Kier alpha value is -1.24. The van der Waals surface area contributed by atoms with Crippen molar-refractivity contribution >= 4 is 5.82 Å². The molecular formula is C12H19N3O3. The van der Waals surface area contributed by atoms with E-state index < -0.39 is 0 Å². The second kappa shape index (κ2) is 6.63. The Labute approximate surface area is 107 Å². The zero-order valence-electron chi connectivity index (χ0n) is 10.8. The molecule has 1 saturated heterocycles. The molecule has 0 aliphatic carbocycles. The van der Waals surface area contributed by atoms with Crippen molar-refractivity contribution < 1.29 is 14.2 Å². The summed E-state index contributed by atoms with van der Waals surface area (Å²) in [4.78, 5) is 8.89. The lowest BCUT2D eigenvalue weighted by Gasteiger charge is -2.22. The number of hydrogen-bond acceptors (Lipinski definition) is 6. The fourth-order valence-electron chi connectivity index (χ4n) is 1.79. The molecule has 2 heterocycles. The monoisotopic (exact) mass is 253 g/mol. The quantitative estimate of drug-likeness (QED) is 0.849. The first-order chi connectivity index (χ1) is 8.83. The second-order valence-electron chi connectivity index (χ2n) is 4.00. The van der Waals surface area contributed by atoms with Gasteiger partial charge in [0.05, 0.1) is 32.1 Å². The minimum Gasteiger partial charge on any atom is -0.378 e. The Kier molecular flexibility index (Phi) is 4.86. The third kappa shape index (κ3) is 3.38. The number of methoxy groups -OCH3 is 1. The van der Waals surface area contributed by atoms with Crippen LogP contribution in [0.25, 0.3) is 0 Å². The summed E-state index contributed by atoms with van der Waals surface area (Å²) in [7, 11) is 1.65. The summed E-state index contributed by atoms with van der Waals surface area (Å²) in [6, 6.07) is 1.89. The van der Waals surface area contributed by atoms with Crippen molar-refractivity contribution in [2.24, 2.45) is 0 Å². The number of aromatic nitrogens is 2. The highest BCUT2D eigenvalue weighted by Crippen LogP contribution is 2.19. The molecule has 1 aliphatic rings. The predicted octanol–water partition coefficient (Wildman–Crippen LogP) is 1.14. The summed E-state index contributed by atoms with van der Waals surface area (Å²) in [6.07, 6.45) is -0.187. The maximum absolute atomic E-state index is 5.61. The van der Waals surface area contributed by atoms with Gasteiger partial charge in [0.15, 0.2) is 5.82 Å². The zero-order chi connectivity index (χ0) is 12.8. The first-order valence-corrected chi connectivity index (χ1v) is 6.13. The molecule has 6 nitrogen and oxygen atoms in total. The van der Waals surface area contributed by atoms with Crippen LogP contribution in [0.1, 0.15) is 24.5 Å². The van der Waals surface area contributed by atoms with Crippen LogP contribution in [0.5, 0.6) is 0 Å². The molecule has 0 spiro atoms. The molecule has 1 aromatic heterocycles. The highest BCUT2D eigenvalue weighted by molar-refractivity contribution is 5.36. The van der Waals surface area contributed by atoms with Crippen LogP contribution < -0.4 is 5.32 Å². The minimum atomic E-state index is -0.187. The number of ether oxygens (including phenoxy) is 3. The average Bonchev–Trinajstić information content (AvgIpc) is 2.40. The molecule has 1 fully saturated rings. The molecule has 0 radical (unpaired) electrons. The third-order valence-corrected chi connectivity index (χ3v) is 2.55. The van der Waals surface area contributed by atoms with Crippen LogP contribution in [0.3, 0.4) is 0 Å². The fraction of sp³-hybridized carbons (Fsp3) is 0.667. The molecule has 2 rings (SSSR count). The van der Waals surface area contributed by atoms with E-state index >= 15 is 0 Å². The number of rotatable bonds is 5. The lowest BCUT2D eigenvalue weighted by Crippen LogP contribution is -2.24. The van der Waals surface area contributed by atoms with Gasteiger partial charge in [-0.1, -0.05) is 0 Å². The van der Waals surface area contributed by atoms with E-state index in [1.807, 2.05) is 13.0 Å². The van der Waals surface area contributed by atoms with Crippen molar-refractivity contribution in [2.45, 2.75) is 19.6 Å². The van der Waals surface area contributed by atoms with Gasteiger partial charge in [-0.15, -0.1) is 0 Å². The van der Waals surface area contributed by atoms with Crippen molar-refractivity contribution in [3.05, 3.63) is 17.6 Å². The van der Waals surface area contributed by atoms with E-state index in [0.717, 1.165) is 18.1 Å². The van der Waals surface area contributed by atoms with Crippen LogP contribution in [0, 0.1) is 0 Å². The second-order valence-corrected chi connectivity index (χ2v) is 4.00. The maximum atomic E-state index is 5.61. The molecule has 0 saturated carbocycles. The third-order valence-electron chi connectivity index (χ3n) is 2.55. The zero-order valence-corrected chi connectivity index (χ0v) is 10.8. The smallest absolute Gasteiger partial charge is 0.162 e. The Morgan fingerprint density at radius 2 is 2.33 bits per heavy atom. The van der Waals surface area contributed by atoms with Crippen LogP contribution in [-0.2, 0) is 20.8 Å². The molecule has 1 unspecified atom stereocenters. The van der Waals surface area contributed by atoms with Gasteiger partial charge in [-0.2, -0.15) is 0 Å². The first kappa shape index (κ1) is 13.2. The molecular weight excluding hydrogens is 234 g/mol. The van der Waals surface area contributed by atoms with Crippen LogP contribution >= 0.6 is 0 Å². The predicted molar refractivity (Wildman–Crippen MR) is 66.4 cm³/mol. The molecule has 6 heteroatoms. The minimum absolute atomic E-state index is 0.187. The molecule has 0 amide bonds. The number of hydrogen-bond donors (Lipinski definition) is 1. The molecule has 1 N–H and O–H groups in total. The van der Waals surface area contributed by atoms with E-state index in [9.17, 15) is 0 Å². The maximum Gasteiger partial charge on any atom is 0.162 e. The fourth-order valence-corrected chi connectivity index (χ4v) is 1.79. The summed E-state index contributed by atoms with van der Waals surface area (Å²) in [5.74, 6) is 1.45. The first-order valence-electron chi connectivity index (χ1n) is 6.13. The number of nitrogens with zero attached hydrogens (tertiary/aromatic N) is 2. The molecule has 1 aliphatic heterocycles. The van der Waals surface area contributed by atoms with Crippen molar-refractivity contribution in [2.75, 3.05) is 38.8 Å². The van der Waals surface area contributed by atoms with Gasteiger partial charge in [-0.3, -0.25) is 0 Å². The van der Waals surface area contributed by atoms with Crippen LogP contribution in [0.2, 0.25) is 0 Å². The SMILES string of the molecule is CCNc1cc(COC)nc(C2COCCO2)n1. The van der Waals surface area contributed by atoms with E-state index in [1.54, 1.807) is 7.11 Å². The van der Waals surface area contributed by atoms with Crippen molar-refractivity contribution in [1.82, 2.24) is 9.97 Å². The Morgan fingerprint density at radius 1 is 1.44 bits per heavy atom. The standard InChI is InChI=1S/C12H19N3O3/c1-3-13-11-6-9(7-16-2)14-12(15-11)10-8-17-4-5-18-10/h6,10H,3-5,7-8H2,1-2H3,(H,13,14,15). The molecule has 1 atom stereocenters. The Bertz CT molecular complexity index is 357. The van der Waals surface area contributed by atoms with E-state index in [-0.39, 0.29) is 6.10 Å². The number of nitrogens with one attached hydrogen (secondary N) is 1. The summed E-state index contributed by atoms with van der Waals surface area (Å²) < 4.78 is 16.1. The highest BCUT2D eigenvalue weighted by Gasteiger charge is 2.20. The van der Waals surface area contributed by atoms with Gasteiger partial charge in [0.1, 0.15) is 11.9 Å². The van der Waals surface area contributed by atoms with E-state index in [0.29, 0.717) is 32.3 Å². The van der Waals surface area contributed by atoms with Gasteiger partial charge in [-0.25, -0.2) is 9.97 Å². The topological polar surface area (TPSA) is 65.5 Å². The van der Waals surface area contributed by atoms with Gasteiger partial charge >= 0.3 is 0 Å². The Morgan fingerprint density at radius 3 is 3.00 bits per heavy atom. The highest BCUT2D eigenvalue weighted by atomic mass is 16.6. The Balaban J connectivity index is 2.20. The van der Waals surface area contributed by atoms with Gasteiger partial charge in [0, 0.05) is 19.7 Å². The molecule has 18 heavy (non-hydrogen) atoms. The van der Waals surface area contributed by atoms with Gasteiger partial charge in [0.2, 0.25) is 0 Å². The normalized spacial score (nSPS) is 19.8. The summed E-state index contributed by atoms with van der Waals surface area (Å²) in [6.45, 7) is 5.01. The molecule has 0 bridgehead atoms. The number of anilines is 1. The molecule has 1 aromatic rings. The molecule has 0 aromatic carbocycles. The van der Waals surface area contributed by atoms with Crippen molar-refractivity contribution in [3.8, 4) is 0 Å². The van der Waals surface area contributed by atoms with Crippen LogP contribution in [0.15, 0.2) is 6.07 Å². The summed E-state index contributed by atoms with van der Waals surface area (Å²) in [5, 5.41) is 3.18. The summed E-state index contributed by atoms with van der Waals surface area (Å²) >= 11 is 0. The van der Waals surface area contributed by atoms with Crippen LogP contribution in [-0.4, -0.2) is 43.4 Å². The van der Waals surface area contributed by atoms with Gasteiger partial charge in [-0.05, 0) is 6.92 Å². The van der Waals surface area contributed by atoms with E-state index in [4.69, 9.17) is 14.2 Å². The van der Waals surface area contributed by atoms with E-state index in [1.165, 1.54) is 0 Å². The lowest BCUT2D eigenvalue weighted by atomic mass is 10.3. The largest absolute Gasteiger partial charge is 0.378 e. The summed E-state index contributed by atoms with van der Waals surface area (Å²) in [5.41, 5.74) is 0.840. The van der Waals surface area contributed by atoms with Crippen molar-refractivity contribution in [3.63, 3.8) is 0 Å². The molecule has 100 valence electrons. The van der Waals surface area contributed by atoms with Crippen LogP contribution in [0.4, 0.5) is 5.82 Å². The van der Waals surface area contributed by atoms with Crippen molar-refractivity contribution in [1.29, 1.82) is 0 Å². The average molecular weight is 253 g/mol. The van der Waals surface area contributed by atoms with Gasteiger partial charge in [0.25, 0.3) is 0 Å².